The highest BCUT2D eigenvalue weighted by atomic mass is 16.2. The Kier molecular flexibility index (Phi) is 2.69. The normalized spacial score (nSPS) is 44.9. The van der Waals surface area contributed by atoms with Crippen molar-refractivity contribution in [1.82, 2.24) is 10.2 Å². The third-order valence-corrected chi connectivity index (χ3v) is 5.47. The fraction of sp³-hybridized carbons (Fsp3) is 0.929. The first-order chi connectivity index (χ1) is 8.12. The van der Waals surface area contributed by atoms with Crippen LogP contribution in [0.2, 0.25) is 0 Å². The van der Waals surface area contributed by atoms with Crippen molar-refractivity contribution < 1.29 is 4.79 Å². The molecule has 3 nitrogen and oxygen atoms in total. The summed E-state index contributed by atoms with van der Waals surface area (Å²) in [7, 11) is 0. The summed E-state index contributed by atoms with van der Waals surface area (Å²) in [4.78, 5) is 14.4. The molecule has 0 aromatic rings. The van der Waals surface area contributed by atoms with E-state index in [-0.39, 0.29) is 5.54 Å². The predicted molar refractivity (Wildman–Crippen MR) is 67.3 cm³/mol. The van der Waals surface area contributed by atoms with E-state index >= 15 is 0 Å². The van der Waals surface area contributed by atoms with Gasteiger partial charge < -0.3 is 4.90 Å². The molecule has 2 bridgehead atoms. The minimum absolute atomic E-state index is 0.294. The minimum Gasteiger partial charge on any atom is -0.328 e. The summed E-state index contributed by atoms with van der Waals surface area (Å²) in [6.07, 6.45) is 6.55. The number of hydrogen-bond acceptors (Lipinski definition) is 2. The van der Waals surface area contributed by atoms with Gasteiger partial charge in [0, 0.05) is 6.54 Å². The molecule has 1 saturated heterocycles. The average molecular weight is 236 g/mol. The molecule has 2 aliphatic carbocycles. The molecule has 2 saturated carbocycles. The smallest absolute Gasteiger partial charge is 0.243 e. The molecule has 0 radical (unpaired) electrons. The van der Waals surface area contributed by atoms with Gasteiger partial charge in [0.1, 0.15) is 0 Å². The van der Waals surface area contributed by atoms with Crippen LogP contribution in [0.3, 0.4) is 0 Å². The molecule has 17 heavy (non-hydrogen) atoms. The molecule has 3 aliphatic rings. The van der Waals surface area contributed by atoms with E-state index in [1.165, 1.54) is 25.7 Å². The largest absolute Gasteiger partial charge is 0.328 e. The number of rotatable bonds is 3. The molecule has 1 N–H and O–H groups in total. The zero-order valence-electron chi connectivity index (χ0n) is 11.0. The van der Waals surface area contributed by atoms with Crippen LogP contribution in [-0.4, -0.2) is 29.6 Å². The maximum absolute atomic E-state index is 12.3. The summed E-state index contributed by atoms with van der Waals surface area (Å²) in [6, 6.07) is 0. The second-order valence-corrected chi connectivity index (χ2v) is 6.48. The maximum atomic E-state index is 12.3. The van der Waals surface area contributed by atoms with E-state index in [0.717, 1.165) is 37.4 Å². The van der Waals surface area contributed by atoms with Crippen LogP contribution >= 0.6 is 0 Å². The van der Waals surface area contributed by atoms with Crippen molar-refractivity contribution >= 4 is 5.91 Å². The lowest BCUT2D eigenvalue weighted by Crippen LogP contribution is -2.43. The lowest BCUT2D eigenvalue weighted by Gasteiger charge is -2.27. The zero-order valence-corrected chi connectivity index (χ0v) is 11.0. The molecule has 0 aromatic carbocycles. The first-order valence-electron chi connectivity index (χ1n) is 7.17. The Morgan fingerprint density at radius 3 is 2.76 bits per heavy atom. The van der Waals surface area contributed by atoms with Gasteiger partial charge in [0.05, 0.1) is 12.2 Å². The van der Waals surface area contributed by atoms with Gasteiger partial charge in [-0.1, -0.05) is 13.3 Å². The van der Waals surface area contributed by atoms with Crippen LogP contribution in [0, 0.1) is 17.8 Å². The lowest BCUT2D eigenvalue weighted by molar-refractivity contribution is -0.132. The van der Waals surface area contributed by atoms with E-state index in [4.69, 9.17) is 0 Å². The van der Waals surface area contributed by atoms with Gasteiger partial charge in [-0.05, 0) is 50.4 Å². The molecule has 3 rings (SSSR count). The average Bonchev–Trinajstić information content (AvgIpc) is 3.00. The van der Waals surface area contributed by atoms with Crippen molar-refractivity contribution in [1.29, 1.82) is 0 Å². The van der Waals surface area contributed by atoms with Gasteiger partial charge in [0.25, 0.3) is 0 Å². The number of nitrogens with zero attached hydrogens (tertiary/aromatic N) is 1. The highest BCUT2D eigenvalue weighted by Crippen LogP contribution is 2.48. The molecular weight excluding hydrogens is 212 g/mol. The van der Waals surface area contributed by atoms with Crippen LogP contribution < -0.4 is 5.32 Å². The lowest BCUT2D eigenvalue weighted by atomic mass is 9.88. The Balaban J connectivity index is 1.62. The fourth-order valence-electron chi connectivity index (χ4n) is 4.07. The van der Waals surface area contributed by atoms with Crippen molar-refractivity contribution in [3.05, 3.63) is 0 Å². The van der Waals surface area contributed by atoms with Crippen LogP contribution in [0.4, 0.5) is 0 Å². The van der Waals surface area contributed by atoms with Crippen molar-refractivity contribution in [2.75, 3.05) is 13.2 Å². The molecule has 1 heterocycles. The van der Waals surface area contributed by atoms with Gasteiger partial charge >= 0.3 is 0 Å². The molecule has 4 unspecified atom stereocenters. The van der Waals surface area contributed by atoms with Gasteiger partial charge in [-0.2, -0.15) is 0 Å². The Labute approximate surface area is 104 Å². The van der Waals surface area contributed by atoms with E-state index in [1.807, 2.05) is 6.92 Å². The summed E-state index contributed by atoms with van der Waals surface area (Å²) in [5, 5.41) is 3.38. The molecule has 0 aromatic heterocycles. The fourth-order valence-corrected chi connectivity index (χ4v) is 4.07. The number of nitrogens with one attached hydrogen (secondary N) is 1. The van der Waals surface area contributed by atoms with Gasteiger partial charge in [0.2, 0.25) is 5.91 Å². The Hall–Kier alpha value is -0.570. The van der Waals surface area contributed by atoms with Crippen molar-refractivity contribution in [3.63, 3.8) is 0 Å². The molecule has 1 amide bonds. The summed E-state index contributed by atoms with van der Waals surface area (Å²) in [6.45, 7) is 5.89. The summed E-state index contributed by atoms with van der Waals surface area (Å²) in [5.41, 5.74) is -0.294. The van der Waals surface area contributed by atoms with Crippen LogP contribution in [0.5, 0.6) is 0 Å². The van der Waals surface area contributed by atoms with Crippen molar-refractivity contribution in [2.45, 2.75) is 51.5 Å². The Morgan fingerprint density at radius 2 is 2.24 bits per heavy atom. The standard InChI is InChI=1S/C14H24N2O/c1-3-14(2)13(17)16(9-15-14)8-12-7-10-4-5-11(12)6-10/h10-12,15H,3-9H2,1-2H3. The van der Waals surface area contributed by atoms with E-state index in [2.05, 4.69) is 17.1 Å². The van der Waals surface area contributed by atoms with Crippen LogP contribution in [0.25, 0.3) is 0 Å². The topological polar surface area (TPSA) is 32.3 Å². The third kappa shape index (κ3) is 1.79. The highest BCUT2D eigenvalue weighted by molar-refractivity contribution is 5.87. The monoisotopic (exact) mass is 236 g/mol. The summed E-state index contributed by atoms with van der Waals surface area (Å²) >= 11 is 0. The Morgan fingerprint density at radius 1 is 1.41 bits per heavy atom. The predicted octanol–water partition coefficient (Wildman–Crippen LogP) is 1.98. The van der Waals surface area contributed by atoms with E-state index in [1.54, 1.807) is 0 Å². The van der Waals surface area contributed by atoms with Gasteiger partial charge in [-0.3, -0.25) is 10.1 Å². The third-order valence-electron chi connectivity index (χ3n) is 5.47. The highest BCUT2D eigenvalue weighted by Gasteiger charge is 2.45. The Bertz CT molecular complexity index is 330. The first kappa shape index (κ1) is 11.5. The second kappa shape index (κ2) is 3.98. The van der Waals surface area contributed by atoms with Crippen molar-refractivity contribution in [3.8, 4) is 0 Å². The first-order valence-corrected chi connectivity index (χ1v) is 7.17. The summed E-state index contributed by atoms with van der Waals surface area (Å²) < 4.78 is 0. The molecule has 3 fully saturated rings. The van der Waals surface area contributed by atoms with Gasteiger partial charge in [0.15, 0.2) is 0 Å². The number of fused-ring (bicyclic) bond motifs is 2. The molecule has 3 heteroatoms. The van der Waals surface area contributed by atoms with E-state index < -0.39 is 0 Å². The molecule has 4 atom stereocenters. The van der Waals surface area contributed by atoms with Crippen LogP contribution in [0.15, 0.2) is 0 Å². The van der Waals surface area contributed by atoms with E-state index in [0.29, 0.717) is 5.91 Å². The SMILES string of the molecule is CCC1(C)NCN(CC2CC3CCC2C3)C1=O. The second-order valence-electron chi connectivity index (χ2n) is 6.48. The molecule has 0 spiro atoms. The minimum atomic E-state index is -0.294. The number of amides is 1. The van der Waals surface area contributed by atoms with Crippen molar-refractivity contribution in [2.24, 2.45) is 17.8 Å². The number of hydrogen-bond donors (Lipinski definition) is 1. The van der Waals surface area contributed by atoms with Crippen LogP contribution in [-0.2, 0) is 4.79 Å². The molecule has 1 aliphatic heterocycles. The maximum Gasteiger partial charge on any atom is 0.243 e. The van der Waals surface area contributed by atoms with Gasteiger partial charge in [-0.25, -0.2) is 0 Å². The van der Waals surface area contributed by atoms with E-state index in [9.17, 15) is 4.79 Å². The van der Waals surface area contributed by atoms with Crippen LogP contribution in [0.1, 0.15) is 46.0 Å². The zero-order chi connectivity index (χ0) is 12.0. The number of carbonyl (C=O) groups excluding carboxylic acids is 1. The quantitative estimate of drug-likeness (QED) is 0.812. The molecular formula is C14H24N2O. The number of carbonyl (C=O) groups is 1. The summed E-state index contributed by atoms with van der Waals surface area (Å²) in [5.74, 6) is 3.01. The van der Waals surface area contributed by atoms with Gasteiger partial charge in [-0.15, -0.1) is 0 Å². The molecule has 96 valence electrons.